The summed E-state index contributed by atoms with van der Waals surface area (Å²) in [4.78, 5) is 4.17. The van der Waals surface area contributed by atoms with Crippen molar-refractivity contribution in [2.24, 2.45) is 0 Å². The number of hydrogen-bond donors (Lipinski definition) is 2. The molecule has 0 saturated heterocycles. The molecule has 0 aliphatic carbocycles. The Bertz CT molecular complexity index is 833. The van der Waals surface area contributed by atoms with Crippen molar-refractivity contribution < 1.29 is 4.74 Å². The van der Waals surface area contributed by atoms with E-state index in [0.717, 1.165) is 18.7 Å². The number of anilines is 1. The molecule has 0 amide bonds. The number of benzene rings is 1. The summed E-state index contributed by atoms with van der Waals surface area (Å²) in [6.07, 6.45) is 4.16. The van der Waals surface area contributed by atoms with Crippen LogP contribution in [0, 0.1) is 22.7 Å². The normalized spacial score (nSPS) is 14.1. The maximum atomic E-state index is 8.87. The quantitative estimate of drug-likeness (QED) is 0.628. The minimum absolute atomic E-state index is 0.00102. The van der Waals surface area contributed by atoms with E-state index in [1.54, 1.807) is 12.1 Å². The Labute approximate surface area is 160 Å². The topological polar surface area (TPSA) is 93.8 Å². The maximum Gasteiger partial charge on any atom is 0.237 e. The Kier molecular flexibility index (Phi) is 7.84. The molecule has 0 saturated carbocycles. The van der Waals surface area contributed by atoms with Gasteiger partial charge in [0, 0.05) is 12.7 Å². The first kappa shape index (κ1) is 20.0. The fraction of sp³-hybridized carbons (Fsp3) is 0.286. The maximum absolute atomic E-state index is 8.87. The molecule has 0 bridgehead atoms. The molecule has 6 heteroatoms. The predicted octanol–water partition coefficient (Wildman–Crippen LogP) is 3.02. The van der Waals surface area contributed by atoms with Crippen molar-refractivity contribution in [2.45, 2.75) is 19.4 Å². The Morgan fingerprint density at radius 2 is 2.00 bits per heavy atom. The van der Waals surface area contributed by atoms with Gasteiger partial charge in [-0.3, -0.25) is 0 Å². The molecule has 2 heterocycles. The van der Waals surface area contributed by atoms with Gasteiger partial charge in [0.1, 0.15) is 12.2 Å². The number of nitrogens with zero attached hydrogens (tertiary/aromatic N) is 3. The van der Waals surface area contributed by atoms with Crippen LogP contribution in [0.25, 0.3) is 0 Å². The number of allylic oxidation sites excluding steroid dienone is 1. The largest absolute Gasteiger partial charge is 0.470 e. The summed E-state index contributed by atoms with van der Waals surface area (Å²) < 4.78 is 5.83. The molecular formula is C21H23N5O. The van der Waals surface area contributed by atoms with Crippen molar-refractivity contribution in [3.63, 3.8) is 0 Å². The van der Waals surface area contributed by atoms with Gasteiger partial charge < -0.3 is 15.4 Å². The van der Waals surface area contributed by atoms with Crippen LogP contribution in [0.2, 0.25) is 0 Å². The number of aromatic nitrogens is 1. The number of pyridine rings is 1. The second-order valence-corrected chi connectivity index (χ2v) is 5.98. The summed E-state index contributed by atoms with van der Waals surface area (Å²) in [7, 11) is 0. The Balaban J connectivity index is 0.000000817. The standard InChI is InChI=1S/C18H17N5O.C3H6/c19-8-14-3-1-13(2-4-14)5-6-21-11-16-12-22-17-7-15(9-20)10-23-18(17)24-16;1-3-2/h1-4,7,10,16,21-22H,5-6,11-12H2;3H,1H2,2H3. The molecule has 1 atom stereocenters. The molecule has 3 rings (SSSR count). The molecule has 0 spiro atoms. The highest BCUT2D eigenvalue weighted by Crippen LogP contribution is 2.26. The molecule has 138 valence electrons. The Morgan fingerprint density at radius 3 is 2.67 bits per heavy atom. The SMILES string of the molecule is C=CC.N#Cc1ccc(CCNCC2CNc3cc(C#N)cnc3O2)cc1. The first-order chi connectivity index (χ1) is 13.2. The molecule has 2 aromatic rings. The van der Waals surface area contributed by atoms with Gasteiger partial charge in [-0.2, -0.15) is 10.5 Å². The van der Waals surface area contributed by atoms with Crippen LogP contribution in [0.4, 0.5) is 5.69 Å². The van der Waals surface area contributed by atoms with Crippen LogP contribution in [0.5, 0.6) is 5.88 Å². The number of hydrogen-bond acceptors (Lipinski definition) is 6. The zero-order valence-electron chi connectivity index (χ0n) is 15.4. The van der Waals surface area contributed by atoms with Crippen LogP contribution in [-0.4, -0.2) is 30.7 Å². The molecule has 1 unspecified atom stereocenters. The van der Waals surface area contributed by atoms with E-state index >= 15 is 0 Å². The minimum atomic E-state index is -0.00102. The highest BCUT2D eigenvalue weighted by atomic mass is 16.5. The van der Waals surface area contributed by atoms with Gasteiger partial charge in [0.15, 0.2) is 0 Å². The lowest BCUT2D eigenvalue weighted by atomic mass is 10.1. The van der Waals surface area contributed by atoms with Gasteiger partial charge in [-0.25, -0.2) is 4.98 Å². The zero-order valence-corrected chi connectivity index (χ0v) is 15.4. The van der Waals surface area contributed by atoms with Gasteiger partial charge in [0.25, 0.3) is 0 Å². The van der Waals surface area contributed by atoms with Crippen LogP contribution in [-0.2, 0) is 6.42 Å². The van der Waals surface area contributed by atoms with E-state index < -0.39 is 0 Å². The first-order valence-electron chi connectivity index (χ1n) is 8.77. The molecule has 1 aromatic heterocycles. The van der Waals surface area contributed by atoms with E-state index in [9.17, 15) is 0 Å². The monoisotopic (exact) mass is 361 g/mol. The third kappa shape index (κ3) is 6.14. The lowest BCUT2D eigenvalue weighted by Crippen LogP contribution is -2.40. The van der Waals surface area contributed by atoms with E-state index in [0.29, 0.717) is 30.1 Å². The summed E-state index contributed by atoms with van der Waals surface area (Å²) in [5, 5.41) is 24.3. The average molecular weight is 361 g/mol. The molecule has 2 N–H and O–H groups in total. The van der Waals surface area contributed by atoms with Gasteiger partial charge in [-0.1, -0.05) is 18.2 Å². The fourth-order valence-electron chi connectivity index (χ4n) is 2.51. The number of ether oxygens (including phenoxy) is 1. The van der Waals surface area contributed by atoms with E-state index in [2.05, 4.69) is 34.3 Å². The van der Waals surface area contributed by atoms with Gasteiger partial charge in [-0.05, 0) is 43.7 Å². The smallest absolute Gasteiger partial charge is 0.237 e. The number of rotatable bonds is 5. The van der Waals surface area contributed by atoms with Crippen molar-refractivity contribution in [1.82, 2.24) is 10.3 Å². The zero-order chi connectivity index (χ0) is 19.5. The predicted molar refractivity (Wildman–Crippen MR) is 105 cm³/mol. The van der Waals surface area contributed by atoms with E-state index in [4.69, 9.17) is 15.3 Å². The lowest BCUT2D eigenvalue weighted by molar-refractivity contribution is 0.194. The molecule has 27 heavy (non-hydrogen) atoms. The van der Waals surface area contributed by atoms with E-state index in [-0.39, 0.29) is 6.10 Å². The van der Waals surface area contributed by atoms with Crippen molar-refractivity contribution >= 4 is 5.69 Å². The molecular weight excluding hydrogens is 338 g/mol. The molecule has 1 aliphatic rings. The van der Waals surface area contributed by atoms with Crippen molar-refractivity contribution in [1.29, 1.82) is 10.5 Å². The van der Waals surface area contributed by atoms with Gasteiger partial charge in [-0.15, -0.1) is 6.58 Å². The first-order valence-corrected chi connectivity index (χ1v) is 8.77. The fourth-order valence-corrected chi connectivity index (χ4v) is 2.51. The van der Waals surface area contributed by atoms with Crippen LogP contribution in [0.3, 0.4) is 0 Å². The minimum Gasteiger partial charge on any atom is -0.470 e. The van der Waals surface area contributed by atoms with Crippen LogP contribution in [0.1, 0.15) is 23.6 Å². The van der Waals surface area contributed by atoms with Crippen LogP contribution in [0.15, 0.2) is 49.2 Å². The molecule has 1 aliphatic heterocycles. The van der Waals surface area contributed by atoms with Gasteiger partial charge >= 0.3 is 0 Å². The molecule has 6 nitrogen and oxygen atoms in total. The summed E-state index contributed by atoms with van der Waals surface area (Å²) >= 11 is 0. The van der Waals surface area contributed by atoms with Gasteiger partial charge in [0.2, 0.25) is 5.88 Å². The highest BCUT2D eigenvalue weighted by molar-refractivity contribution is 5.57. The van der Waals surface area contributed by atoms with E-state index in [1.165, 1.54) is 11.8 Å². The second kappa shape index (κ2) is 10.6. The lowest BCUT2D eigenvalue weighted by Gasteiger charge is -2.26. The third-order valence-corrected chi connectivity index (χ3v) is 3.82. The highest BCUT2D eigenvalue weighted by Gasteiger charge is 2.20. The summed E-state index contributed by atoms with van der Waals surface area (Å²) in [5.41, 5.74) is 3.16. The van der Waals surface area contributed by atoms with Crippen molar-refractivity contribution in [3.05, 3.63) is 65.9 Å². The summed E-state index contributed by atoms with van der Waals surface area (Å²) in [6.45, 7) is 7.47. The number of fused-ring (bicyclic) bond motifs is 1. The second-order valence-electron chi connectivity index (χ2n) is 5.98. The Morgan fingerprint density at radius 1 is 1.30 bits per heavy atom. The van der Waals surface area contributed by atoms with Crippen LogP contribution < -0.4 is 15.4 Å². The Hall–Kier alpha value is -3.35. The average Bonchev–Trinajstić information content (AvgIpc) is 2.71. The number of nitriles is 2. The summed E-state index contributed by atoms with van der Waals surface area (Å²) in [6, 6.07) is 13.6. The van der Waals surface area contributed by atoms with Crippen molar-refractivity contribution in [2.75, 3.05) is 25.0 Å². The molecule has 1 aromatic carbocycles. The van der Waals surface area contributed by atoms with E-state index in [1.807, 2.05) is 31.2 Å². The number of nitrogens with one attached hydrogen (secondary N) is 2. The summed E-state index contributed by atoms with van der Waals surface area (Å²) in [5.74, 6) is 0.541. The third-order valence-electron chi connectivity index (χ3n) is 3.82. The van der Waals surface area contributed by atoms with Crippen LogP contribution >= 0.6 is 0 Å². The molecule has 0 fully saturated rings. The van der Waals surface area contributed by atoms with Crippen molar-refractivity contribution in [3.8, 4) is 18.0 Å². The molecule has 0 radical (unpaired) electrons. The van der Waals surface area contributed by atoms with Gasteiger partial charge in [0.05, 0.1) is 29.4 Å².